The number of benzene rings is 1. The van der Waals surface area contributed by atoms with E-state index in [2.05, 4.69) is 25.7 Å². The van der Waals surface area contributed by atoms with E-state index in [1.165, 1.54) is 6.07 Å². The summed E-state index contributed by atoms with van der Waals surface area (Å²) in [5, 5.41) is 0.348. The smallest absolute Gasteiger partial charge is 0.239 e. The first kappa shape index (κ1) is 29.2. The van der Waals surface area contributed by atoms with Crippen LogP contribution in [0.3, 0.4) is 0 Å². The van der Waals surface area contributed by atoms with Crippen LogP contribution < -0.4 is 5.73 Å². The number of hydrogen-bond acceptors (Lipinski definition) is 5. The maximum absolute atomic E-state index is 15.1. The van der Waals surface area contributed by atoms with Gasteiger partial charge in [0.25, 0.3) is 0 Å². The molecule has 1 aromatic rings. The third kappa shape index (κ3) is 6.52. The summed E-state index contributed by atoms with van der Waals surface area (Å²) < 4.78 is 20.7. The van der Waals surface area contributed by atoms with Gasteiger partial charge in [-0.25, -0.2) is 4.39 Å². The van der Waals surface area contributed by atoms with Gasteiger partial charge in [-0.15, -0.1) is 0 Å². The molecule has 2 amide bonds. The molecule has 1 aromatic carbocycles. The minimum atomic E-state index is -0.563. The van der Waals surface area contributed by atoms with Crippen molar-refractivity contribution in [1.82, 2.24) is 14.7 Å². The maximum Gasteiger partial charge on any atom is 0.239 e. The van der Waals surface area contributed by atoms with Crippen LogP contribution in [-0.4, -0.2) is 90.1 Å². The number of nitrogens with two attached hydrogens (primary N) is 1. The van der Waals surface area contributed by atoms with Crippen LogP contribution in [0, 0.1) is 17.2 Å². The van der Waals surface area contributed by atoms with Crippen molar-refractivity contribution in [2.24, 2.45) is 17.1 Å². The maximum atomic E-state index is 15.1. The molecule has 5 atom stereocenters. The van der Waals surface area contributed by atoms with Gasteiger partial charge in [0.1, 0.15) is 5.82 Å². The molecule has 3 aliphatic heterocycles. The SMILES string of the molecule is C[C@@H]1CN(C(=O)[C@@H]2CN(C3CCOCC3)C[C@H]2c2ccc(Cl)cc2F)[C@@H](C)CN1C(=O)[C@@H](N)CC(C)(C)C. The number of ether oxygens (including phenoxy) is 1. The van der Waals surface area contributed by atoms with Crippen molar-refractivity contribution in [3.05, 3.63) is 34.6 Å². The summed E-state index contributed by atoms with van der Waals surface area (Å²) in [6.07, 6.45) is 2.43. The highest BCUT2D eigenvalue weighted by Gasteiger charge is 2.46. The molecule has 2 N–H and O–H groups in total. The number of piperazine rings is 1. The first-order valence-electron chi connectivity index (χ1n) is 14.0. The number of halogens is 2. The summed E-state index contributed by atoms with van der Waals surface area (Å²) >= 11 is 6.05. The Morgan fingerprint density at radius 3 is 2.34 bits per heavy atom. The summed E-state index contributed by atoms with van der Waals surface area (Å²) in [5.41, 5.74) is 6.80. The molecule has 3 saturated heterocycles. The van der Waals surface area contributed by atoms with Crippen LogP contribution in [0.4, 0.5) is 4.39 Å². The second-order valence-electron chi connectivity index (χ2n) is 12.7. The third-order valence-electron chi connectivity index (χ3n) is 8.44. The van der Waals surface area contributed by atoms with Crippen LogP contribution in [0.2, 0.25) is 5.02 Å². The molecule has 0 unspecified atom stereocenters. The van der Waals surface area contributed by atoms with Crippen LogP contribution >= 0.6 is 11.6 Å². The van der Waals surface area contributed by atoms with Gasteiger partial charge in [-0.05, 0) is 56.2 Å². The lowest BCUT2D eigenvalue weighted by Gasteiger charge is -2.46. The molecule has 3 aliphatic rings. The Balaban J connectivity index is 1.52. The van der Waals surface area contributed by atoms with E-state index in [0.29, 0.717) is 62.4 Å². The highest BCUT2D eigenvalue weighted by molar-refractivity contribution is 6.30. The lowest BCUT2D eigenvalue weighted by molar-refractivity contribution is -0.149. The monoisotopic (exact) mass is 550 g/mol. The number of rotatable bonds is 5. The predicted octanol–water partition coefficient (Wildman–Crippen LogP) is 3.88. The van der Waals surface area contributed by atoms with Gasteiger partial charge in [-0.3, -0.25) is 14.5 Å². The first-order valence-corrected chi connectivity index (χ1v) is 14.4. The fourth-order valence-corrected chi connectivity index (χ4v) is 6.62. The van der Waals surface area contributed by atoms with E-state index < -0.39 is 6.04 Å². The summed E-state index contributed by atoms with van der Waals surface area (Å²) in [6, 6.07) is 4.24. The predicted molar refractivity (Wildman–Crippen MR) is 147 cm³/mol. The average Bonchev–Trinajstić information content (AvgIpc) is 3.29. The standard InChI is InChI=1S/C29H44ClFN4O3/c1-18-15-35(28(37)26(32)13-29(3,4)5)19(2)14-34(18)27(36)24-17-33(21-8-10-38-11-9-21)16-23(24)22-7-6-20(30)12-25(22)31/h6-7,12,18-19,21,23-24,26H,8-11,13-17,32H2,1-5H3/t18-,19+,23-,24+,26-/m0/s1. The highest BCUT2D eigenvalue weighted by atomic mass is 35.5. The van der Waals surface area contributed by atoms with E-state index in [0.717, 1.165) is 12.8 Å². The first-order chi connectivity index (χ1) is 17.9. The van der Waals surface area contributed by atoms with Gasteiger partial charge in [-0.1, -0.05) is 38.4 Å². The molecule has 4 rings (SSSR count). The quantitative estimate of drug-likeness (QED) is 0.602. The van der Waals surface area contributed by atoms with Crippen LogP contribution in [-0.2, 0) is 14.3 Å². The molecule has 38 heavy (non-hydrogen) atoms. The molecule has 0 aliphatic carbocycles. The van der Waals surface area contributed by atoms with E-state index in [1.807, 2.05) is 23.6 Å². The highest BCUT2D eigenvalue weighted by Crippen LogP contribution is 2.39. The Morgan fingerprint density at radius 1 is 1.08 bits per heavy atom. The van der Waals surface area contributed by atoms with Crippen LogP contribution in [0.25, 0.3) is 0 Å². The zero-order chi connectivity index (χ0) is 27.8. The van der Waals surface area contributed by atoms with Crippen LogP contribution in [0.15, 0.2) is 18.2 Å². The van der Waals surface area contributed by atoms with Crippen molar-refractivity contribution in [3.8, 4) is 0 Å². The van der Waals surface area contributed by atoms with Crippen molar-refractivity contribution in [2.75, 3.05) is 39.4 Å². The normalized spacial score (nSPS) is 28.5. The van der Waals surface area contributed by atoms with Gasteiger partial charge >= 0.3 is 0 Å². The number of likely N-dealkylation sites (tertiary alicyclic amines) is 1. The Morgan fingerprint density at radius 2 is 1.71 bits per heavy atom. The van der Waals surface area contributed by atoms with Gasteiger partial charge in [0.2, 0.25) is 11.8 Å². The van der Waals surface area contributed by atoms with Gasteiger partial charge in [0.15, 0.2) is 0 Å². The topological polar surface area (TPSA) is 79.1 Å². The summed E-state index contributed by atoms with van der Waals surface area (Å²) in [6.45, 7) is 13.7. The van der Waals surface area contributed by atoms with E-state index in [4.69, 9.17) is 22.1 Å². The second kappa shape index (κ2) is 11.8. The van der Waals surface area contributed by atoms with Gasteiger partial charge in [-0.2, -0.15) is 0 Å². The summed E-state index contributed by atoms with van der Waals surface area (Å²) in [5.74, 6) is -1.01. The molecular formula is C29H44ClFN4O3. The summed E-state index contributed by atoms with van der Waals surface area (Å²) in [7, 11) is 0. The number of amides is 2. The summed E-state index contributed by atoms with van der Waals surface area (Å²) in [4.78, 5) is 33.4. The second-order valence-corrected chi connectivity index (χ2v) is 13.2. The largest absolute Gasteiger partial charge is 0.381 e. The number of carbonyl (C=O) groups is 2. The minimum absolute atomic E-state index is 0.0318. The zero-order valence-electron chi connectivity index (χ0n) is 23.5. The zero-order valence-corrected chi connectivity index (χ0v) is 24.2. The number of nitrogens with zero attached hydrogens (tertiary/aromatic N) is 3. The average molecular weight is 551 g/mol. The van der Waals surface area contributed by atoms with E-state index >= 15 is 4.39 Å². The molecule has 0 radical (unpaired) electrons. The van der Waals surface area contributed by atoms with Gasteiger partial charge in [0.05, 0.1) is 12.0 Å². The Kier molecular flexibility index (Phi) is 9.07. The number of carbonyl (C=O) groups excluding carboxylic acids is 2. The molecule has 0 aromatic heterocycles. The van der Waals surface area contributed by atoms with Gasteiger partial charge in [0, 0.05) is 68.5 Å². The van der Waals surface area contributed by atoms with E-state index in [9.17, 15) is 9.59 Å². The molecule has 7 nitrogen and oxygen atoms in total. The Labute approximate surface area is 231 Å². The minimum Gasteiger partial charge on any atom is -0.381 e. The molecular weight excluding hydrogens is 507 g/mol. The lowest BCUT2D eigenvalue weighted by Crippen LogP contribution is -2.63. The van der Waals surface area contributed by atoms with Crippen molar-refractivity contribution < 1.29 is 18.7 Å². The molecule has 3 fully saturated rings. The van der Waals surface area contributed by atoms with Crippen LogP contribution in [0.5, 0.6) is 0 Å². The Hall–Kier alpha value is -1.74. The van der Waals surface area contributed by atoms with Crippen molar-refractivity contribution in [2.45, 2.75) is 84.0 Å². The van der Waals surface area contributed by atoms with Crippen LogP contribution in [0.1, 0.15) is 65.4 Å². The molecule has 0 spiro atoms. The lowest BCUT2D eigenvalue weighted by atomic mass is 9.86. The fraction of sp³-hybridized carbons (Fsp3) is 0.724. The molecule has 9 heteroatoms. The number of hydrogen-bond donors (Lipinski definition) is 1. The van der Waals surface area contributed by atoms with E-state index in [-0.39, 0.29) is 47.0 Å². The van der Waals surface area contributed by atoms with E-state index in [1.54, 1.807) is 12.1 Å². The fourth-order valence-electron chi connectivity index (χ4n) is 6.46. The van der Waals surface area contributed by atoms with Crippen molar-refractivity contribution in [3.63, 3.8) is 0 Å². The molecule has 0 saturated carbocycles. The van der Waals surface area contributed by atoms with Crippen molar-refractivity contribution in [1.29, 1.82) is 0 Å². The Bertz CT molecular complexity index is 1010. The molecule has 212 valence electrons. The van der Waals surface area contributed by atoms with Crippen molar-refractivity contribution >= 4 is 23.4 Å². The third-order valence-corrected chi connectivity index (χ3v) is 8.67. The van der Waals surface area contributed by atoms with Gasteiger partial charge < -0.3 is 20.3 Å². The molecule has 3 heterocycles. The molecule has 0 bridgehead atoms.